The second-order valence-corrected chi connectivity index (χ2v) is 9.63. The molecule has 1 atom stereocenters. The van der Waals surface area contributed by atoms with Gasteiger partial charge in [0.15, 0.2) is 4.80 Å². The highest BCUT2D eigenvalue weighted by atomic mass is 35.5. The predicted octanol–water partition coefficient (Wildman–Crippen LogP) is 4.39. The lowest BCUT2D eigenvalue weighted by Crippen LogP contribution is -2.39. The normalized spacial score (nSPS) is 18.3. The van der Waals surface area contributed by atoms with Crippen molar-refractivity contribution in [3.8, 4) is 5.75 Å². The van der Waals surface area contributed by atoms with E-state index in [9.17, 15) is 4.79 Å². The third-order valence-corrected chi connectivity index (χ3v) is 6.56. The molecule has 0 aliphatic carbocycles. The average Bonchev–Trinajstić information content (AvgIpc) is 3.05. The highest BCUT2D eigenvalue weighted by Crippen LogP contribution is 2.26. The number of benzene rings is 1. The van der Waals surface area contributed by atoms with Gasteiger partial charge in [-0.1, -0.05) is 38.8 Å². The number of hydrogen-bond acceptors (Lipinski definition) is 4. The summed E-state index contributed by atoms with van der Waals surface area (Å²) in [6, 6.07) is 5.41. The second-order valence-electron chi connectivity index (χ2n) is 8.19. The first-order valence-electron chi connectivity index (χ1n) is 9.64. The van der Waals surface area contributed by atoms with E-state index >= 15 is 0 Å². The van der Waals surface area contributed by atoms with Crippen molar-refractivity contribution < 1.29 is 9.53 Å². The Bertz CT molecular complexity index is 905. The first-order chi connectivity index (χ1) is 13.3. The largest absolute Gasteiger partial charge is 0.496 e. The summed E-state index contributed by atoms with van der Waals surface area (Å²) in [5.41, 5.74) is 0.375. The molecule has 0 spiro atoms. The van der Waals surface area contributed by atoms with Crippen molar-refractivity contribution in [2.75, 3.05) is 13.7 Å². The summed E-state index contributed by atoms with van der Waals surface area (Å²) in [5, 5.41) is 4.06. The average molecular weight is 422 g/mol. The maximum atomic E-state index is 12.9. The molecule has 152 valence electrons. The fourth-order valence-corrected chi connectivity index (χ4v) is 4.48. The van der Waals surface area contributed by atoms with Gasteiger partial charge in [0.1, 0.15) is 5.75 Å². The van der Waals surface area contributed by atoms with Crippen LogP contribution >= 0.6 is 22.9 Å². The molecule has 1 aliphatic heterocycles. The Balaban J connectivity index is 2.00. The Labute approximate surface area is 175 Å². The van der Waals surface area contributed by atoms with E-state index in [1.165, 1.54) is 24.8 Å². The van der Waals surface area contributed by atoms with Crippen molar-refractivity contribution in [2.24, 2.45) is 4.99 Å². The van der Waals surface area contributed by atoms with Crippen LogP contribution in [0.1, 0.15) is 55.3 Å². The number of thiazole rings is 1. The molecule has 0 saturated carbocycles. The van der Waals surface area contributed by atoms with Gasteiger partial charge < -0.3 is 14.6 Å². The molecule has 2 heterocycles. The quantitative estimate of drug-likeness (QED) is 0.796. The maximum Gasteiger partial charge on any atom is 0.283 e. The first-order valence-corrected chi connectivity index (χ1v) is 10.8. The monoisotopic (exact) mass is 421 g/mol. The molecule has 1 N–H and O–H groups in total. The lowest BCUT2D eigenvalue weighted by molar-refractivity contribution is 0.0994. The van der Waals surface area contributed by atoms with E-state index in [0.717, 1.165) is 19.5 Å². The van der Waals surface area contributed by atoms with E-state index in [4.69, 9.17) is 16.3 Å². The zero-order valence-electron chi connectivity index (χ0n) is 16.9. The lowest BCUT2D eigenvalue weighted by Gasteiger charge is -2.23. The molecular weight excluding hydrogens is 394 g/mol. The highest BCUT2D eigenvalue weighted by molar-refractivity contribution is 7.09. The molecule has 1 aromatic heterocycles. The van der Waals surface area contributed by atoms with Crippen LogP contribution in [0, 0.1) is 0 Å². The number of piperidine rings is 1. The Morgan fingerprint density at radius 1 is 1.39 bits per heavy atom. The van der Waals surface area contributed by atoms with E-state index in [-0.39, 0.29) is 11.3 Å². The lowest BCUT2D eigenvalue weighted by atomic mass is 9.95. The smallest absolute Gasteiger partial charge is 0.283 e. The minimum atomic E-state index is -0.341. The number of methoxy groups -OCH3 is 1. The summed E-state index contributed by atoms with van der Waals surface area (Å²) in [6.07, 6.45) is 5.74. The first kappa shape index (κ1) is 21.1. The van der Waals surface area contributed by atoms with Crippen LogP contribution in [0.4, 0.5) is 0 Å². The molecule has 1 saturated heterocycles. The molecule has 2 aromatic rings. The van der Waals surface area contributed by atoms with Crippen molar-refractivity contribution in [2.45, 2.75) is 58.0 Å². The summed E-state index contributed by atoms with van der Waals surface area (Å²) < 4.78 is 7.43. The van der Waals surface area contributed by atoms with Crippen LogP contribution < -0.4 is 14.9 Å². The second kappa shape index (κ2) is 8.80. The predicted molar refractivity (Wildman–Crippen MR) is 115 cm³/mol. The molecular formula is C21H28ClN3O2S. The van der Waals surface area contributed by atoms with E-state index in [1.54, 1.807) is 29.5 Å². The molecule has 3 rings (SSSR count). The molecule has 5 nitrogen and oxygen atoms in total. The summed E-state index contributed by atoms with van der Waals surface area (Å²) in [4.78, 5) is 19.3. The van der Waals surface area contributed by atoms with Crippen LogP contribution in [-0.4, -0.2) is 30.2 Å². The van der Waals surface area contributed by atoms with Crippen LogP contribution in [-0.2, 0) is 12.0 Å². The number of nitrogens with zero attached hydrogens (tertiary/aromatic N) is 2. The molecule has 1 amide bonds. The number of aromatic nitrogens is 1. The van der Waals surface area contributed by atoms with Gasteiger partial charge in [-0.3, -0.25) is 4.79 Å². The van der Waals surface area contributed by atoms with Crippen LogP contribution in [0.25, 0.3) is 0 Å². The number of halogens is 1. The van der Waals surface area contributed by atoms with Crippen LogP contribution in [0.3, 0.4) is 0 Å². The molecule has 1 fully saturated rings. The number of hydrogen-bond donors (Lipinski definition) is 1. The van der Waals surface area contributed by atoms with Crippen molar-refractivity contribution in [1.29, 1.82) is 0 Å². The molecule has 0 unspecified atom stereocenters. The fraction of sp³-hybridized carbons (Fsp3) is 0.524. The van der Waals surface area contributed by atoms with Gasteiger partial charge >= 0.3 is 0 Å². The van der Waals surface area contributed by atoms with E-state index in [1.807, 2.05) is 0 Å². The topological polar surface area (TPSA) is 55.6 Å². The standard InChI is InChI=1S/C21H28ClN3O2S/c1-21(2,3)18-13-25(12-15-7-5-6-10-23-15)20(28-18)24-19(26)16-11-14(22)8-9-17(16)27-4/h8-9,11,13,15,23H,5-7,10,12H2,1-4H3/t15-/m1/s1. The van der Waals surface area contributed by atoms with E-state index in [0.29, 0.717) is 27.2 Å². The molecule has 0 bridgehead atoms. The number of carbonyl (C=O) groups excluding carboxylic acids is 1. The minimum Gasteiger partial charge on any atom is -0.496 e. The number of carbonyl (C=O) groups is 1. The van der Waals surface area contributed by atoms with Gasteiger partial charge in [-0.2, -0.15) is 4.99 Å². The number of rotatable bonds is 4. The van der Waals surface area contributed by atoms with Crippen LogP contribution in [0.5, 0.6) is 5.75 Å². The third-order valence-electron chi connectivity index (χ3n) is 4.88. The minimum absolute atomic E-state index is 0.00300. The van der Waals surface area contributed by atoms with Crippen molar-refractivity contribution in [3.05, 3.63) is 44.7 Å². The Morgan fingerprint density at radius 2 is 2.18 bits per heavy atom. The van der Waals surface area contributed by atoms with Gasteiger partial charge in [0.05, 0.1) is 12.7 Å². The number of amides is 1. The van der Waals surface area contributed by atoms with Crippen molar-refractivity contribution in [1.82, 2.24) is 9.88 Å². The Kier molecular flexibility index (Phi) is 6.63. The molecule has 1 aromatic carbocycles. The van der Waals surface area contributed by atoms with Gasteiger partial charge in [0, 0.05) is 28.7 Å². The van der Waals surface area contributed by atoms with Gasteiger partial charge in [0.2, 0.25) is 0 Å². The van der Waals surface area contributed by atoms with Crippen molar-refractivity contribution >= 4 is 28.8 Å². The fourth-order valence-electron chi connectivity index (χ4n) is 3.26. The molecule has 28 heavy (non-hydrogen) atoms. The third kappa shape index (κ3) is 5.04. The van der Waals surface area contributed by atoms with Gasteiger partial charge in [-0.05, 0) is 43.0 Å². The molecule has 0 radical (unpaired) electrons. The number of nitrogens with one attached hydrogen (secondary N) is 1. The van der Waals surface area contributed by atoms with Crippen LogP contribution in [0.15, 0.2) is 29.4 Å². The Hall–Kier alpha value is -1.63. The summed E-state index contributed by atoms with van der Waals surface area (Å²) in [6.45, 7) is 8.38. The van der Waals surface area contributed by atoms with Gasteiger partial charge in [-0.15, -0.1) is 11.3 Å². The summed E-state index contributed by atoms with van der Waals surface area (Å²) >= 11 is 7.65. The maximum absolute atomic E-state index is 12.9. The van der Waals surface area contributed by atoms with E-state index < -0.39 is 0 Å². The Morgan fingerprint density at radius 3 is 2.82 bits per heavy atom. The highest BCUT2D eigenvalue weighted by Gasteiger charge is 2.21. The van der Waals surface area contributed by atoms with Crippen LogP contribution in [0.2, 0.25) is 5.02 Å². The zero-order chi connectivity index (χ0) is 20.3. The van der Waals surface area contributed by atoms with E-state index in [2.05, 4.69) is 41.8 Å². The van der Waals surface area contributed by atoms with Crippen molar-refractivity contribution in [3.63, 3.8) is 0 Å². The SMILES string of the molecule is COc1ccc(Cl)cc1C(=O)N=c1sc(C(C)(C)C)cn1C[C@H]1CCCCN1. The summed E-state index contributed by atoms with van der Waals surface area (Å²) in [5.74, 6) is 0.137. The molecule has 1 aliphatic rings. The zero-order valence-corrected chi connectivity index (χ0v) is 18.5. The molecule has 7 heteroatoms. The van der Waals surface area contributed by atoms with Gasteiger partial charge in [0.25, 0.3) is 5.91 Å². The van der Waals surface area contributed by atoms with Gasteiger partial charge in [-0.25, -0.2) is 0 Å². The number of ether oxygens (including phenoxy) is 1. The summed E-state index contributed by atoms with van der Waals surface area (Å²) in [7, 11) is 1.54.